The number of anilines is 1. The van der Waals surface area contributed by atoms with Gasteiger partial charge in [0.15, 0.2) is 0 Å². The van der Waals surface area contributed by atoms with Gasteiger partial charge in [-0.1, -0.05) is 6.92 Å². The first-order valence-electron chi connectivity index (χ1n) is 7.38. The highest BCUT2D eigenvalue weighted by Crippen LogP contribution is 2.30. The fourth-order valence-corrected chi connectivity index (χ4v) is 1.76. The van der Waals surface area contributed by atoms with Gasteiger partial charge in [0, 0.05) is 6.07 Å². The number of carbonyl (C=O) groups excluding carboxylic acids is 1. The topological polar surface area (TPSA) is 79.8 Å². The molecule has 0 aliphatic carbocycles. The van der Waals surface area contributed by atoms with Crippen LogP contribution in [-0.4, -0.2) is 36.5 Å². The van der Waals surface area contributed by atoms with Crippen LogP contribution in [-0.2, 0) is 0 Å². The van der Waals surface area contributed by atoms with E-state index in [4.69, 9.17) is 9.47 Å². The smallest absolute Gasteiger partial charge is 0.319 e. The number of carbonyl (C=O) groups is 1. The zero-order chi connectivity index (χ0) is 16.8. The van der Waals surface area contributed by atoms with Crippen molar-refractivity contribution in [2.24, 2.45) is 0 Å². The predicted molar refractivity (Wildman–Crippen MR) is 86.7 cm³/mol. The summed E-state index contributed by atoms with van der Waals surface area (Å²) in [5.41, 5.74) is -0.149. The Balaban J connectivity index is 2.92. The van der Waals surface area contributed by atoms with Gasteiger partial charge in [0.05, 0.1) is 31.0 Å². The maximum atomic E-state index is 12.2. The zero-order valence-corrected chi connectivity index (χ0v) is 13.9. The first kappa shape index (κ1) is 18.1. The van der Waals surface area contributed by atoms with Crippen molar-refractivity contribution in [3.8, 4) is 11.5 Å². The Kier molecular flexibility index (Phi) is 6.49. The number of methoxy groups -OCH3 is 1. The quantitative estimate of drug-likeness (QED) is 0.723. The molecule has 0 fully saturated rings. The SMILES string of the molecule is CC[C@@](C)(CO)NC(=O)Nc1cc(OC)ccc1OC(C)C. The number of urea groups is 1. The van der Waals surface area contributed by atoms with Crippen LogP contribution in [0.5, 0.6) is 11.5 Å². The monoisotopic (exact) mass is 310 g/mol. The maximum Gasteiger partial charge on any atom is 0.319 e. The van der Waals surface area contributed by atoms with Crippen LogP contribution in [0.2, 0.25) is 0 Å². The Hall–Kier alpha value is -1.95. The Bertz CT molecular complexity index is 499. The normalized spacial score (nSPS) is 13.4. The number of rotatable bonds is 7. The van der Waals surface area contributed by atoms with Crippen molar-refractivity contribution < 1.29 is 19.4 Å². The molecule has 124 valence electrons. The second-order valence-corrected chi connectivity index (χ2v) is 5.68. The van der Waals surface area contributed by atoms with E-state index in [9.17, 15) is 9.90 Å². The van der Waals surface area contributed by atoms with E-state index in [-0.39, 0.29) is 12.7 Å². The average molecular weight is 310 g/mol. The number of hydrogen-bond donors (Lipinski definition) is 3. The van der Waals surface area contributed by atoms with Crippen LogP contribution in [0.25, 0.3) is 0 Å². The van der Waals surface area contributed by atoms with Crippen LogP contribution in [0.4, 0.5) is 10.5 Å². The van der Waals surface area contributed by atoms with Gasteiger partial charge in [-0.2, -0.15) is 0 Å². The van der Waals surface area contributed by atoms with Crippen molar-refractivity contribution in [3.05, 3.63) is 18.2 Å². The van der Waals surface area contributed by atoms with Crippen molar-refractivity contribution >= 4 is 11.7 Å². The third-order valence-corrected chi connectivity index (χ3v) is 3.34. The molecule has 0 heterocycles. The van der Waals surface area contributed by atoms with Crippen LogP contribution < -0.4 is 20.1 Å². The molecule has 0 radical (unpaired) electrons. The van der Waals surface area contributed by atoms with Crippen LogP contribution in [0.1, 0.15) is 34.1 Å². The number of hydrogen-bond acceptors (Lipinski definition) is 4. The van der Waals surface area contributed by atoms with Crippen LogP contribution in [0, 0.1) is 0 Å². The number of aliphatic hydroxyl groups is 1. The van der Waals surface area contributed by atoms with E-state index in [1.165, 1.54) is 0 Å². The van der Waals surface area contributed by atoms with Crippen molar-refractivity contribution in [3.63, 3.8) is 0 Å². The van der Waals surface area contributed by atoms with Crippen LogP contribution in [0.15, 0.2) is 18.2 Å². The molecule has 2 amide bonds. The molecule has 1 atom stereocenters. The van der Waals surface area contributed by atoms with Gasteiger partial charge < -0.3 is 25.2 Å². The summed E-state index contributed by atoms with van der Waals surface area (Å²) in [5, 5.41) is 14.9. The molecule has 0 aliphatic rings. The van der Waals surface area contributed by atoms with E-state index in [0.29, 0.717) is 23.6 Å². The molecule has 3 N–H and O–H groups in total. The van der Waals surface area contributed by atoms with E-state index in [1.807, 2.05) is 20.8 Å². The summed E-state index contributed by atoms with van der Waals surface area (Å²) in [6.07, 6.45) is 0.597. The van der Waals surface area contributed by atoms with Crippen molar-refractivity contribution in [2.75, 3.05) is 19.0 Å². The fourth-order valence-electron chi connectivity index (χ4n) is 1.76. The highest BCUT2D eigenvalue weighted by Gasteiger charge is 2.23. The average Bonchev–Trinajstić information content (AvgIpc) is 2.48. The summed E-state index contributed by atoms with van der Waals surface area (Å²) in [5.74, 6) is 1.18. The fraction of sp³-hybridized carbons (Fsp3) is 0.562. The molecule has 0 spiro atoms. The third-order valence-electron chi connectivity index (χ3n) is 3.34. The van der Waals surface area contributed by atoms with E-state index in [2.05, 4.69) is 10.6 Å². The summed E-state index contributed by atoms with van der Waals surface area (Å²) >= 11 is 0. The van der Waals surface area contributed by atoms with Gasteiger partial charge in [-0.3, -0.25) is 0 Å². The number of aliphatic hydroxyl groups excluding tert-OH is 1. The molecule has 0 bridgehead atoms. The maximum absolute atomic E-state index is 12.2. The van der Waals surface area contributed by atoms with Crippen LogP contribution >= 0.6 is 0 Å². The molecule has 1 aromatic carbocycles. The lowest BCUT2D eigenvalue weighted by atomic mass is 10.0. The molecule has 6 nitrogen and oxygen atoms in total. The molecule has 0 saturated carbocycles. The molecule has 0 saturated heterocycles. The number of ether oxygens (including phenoxy) is 2. The van der Waals surface area contributed by atoms with Crippen molar-refractivity contribution in [1.82, 2.24) is 5.32 Å². The number of nitrogens with one attached hydrogen (secondary N) is 2. The minimum absolute atomic E-state index is 0.0182. The standard InChI is InChI=1S/C16H26N2O4/c1-6-16(4,10-19)18-15(20)17-13-9-12(21-5)7-8-14(13)22-11(2)3/h7-9,11,19H,6,10H2,1-5H3,(H2,17,18,20)/t16-/m0/s1. The van der Waals surface area contributed by atoms with Crippen molar-refractivity contribution in [1.29, 1.82) is 0 Å². The highest BCUT2D eigenvalue weighted by molar-refractivity contribution is 5.91. The lowest BCUT2D eigenvalue weighted by Gasteiger charge is -2.27. The molecule has 0 unspecified atom stereocenters. The van der Waals surface area contributed by atoms with E-state index in [1.54, 1.807) is 32.2 Å². The Labute approximate surface area is 131 Å². The Morgan fingerprint density at radius 3 is 2.59 bits per heavy atom. The molecule has 6 heteroatoms. The largest absolute Gasteiger partial charge is 0.497 e. The molecule has 1 rings (SSSR count). The summed E-state index contributed by atoms with van der Waals surface area (Å²) < 4.78 is 10.9. The molecular formula is C16H26N2O4. The minimum Gasteiger partial charge on any atom is -0.497 e. The van der Waals surface area contributed by atoms with Gasteiger partial charge in [0.2, 0.25) is 0 Å². The second kappa shape index (κ2) is 7.89. The van der Waals surface area contributed by atoms with Gasteiger partial charge >= 0.3 is 6.03 Å². The van der Waals surface area contributed by atoms with Gasteiger partial charge in [0.1, 0.15) is 11.5 Å². The van der Waals surface area contributed by atoms with E-state index >= 15 is 0 Å². The molecule has 0 aromatic heterocycles. The third kappa shape index (κ3) is 5.11. The number of benzene rings is 1. The first-order valence-corrected chi connectivity index (χ1v) is 7.38. The van der Waals surface area contributed by atoms with Crippen LogP contribution in [0.3, 0.4) is 0 Å². The summed E-state index contributed by atoms with van der Waals surface area (Å²) in [4.78, 5) is 12.2. The first-order chi connectivity index (χ1) is 10.3. The Morgan fingerprint density at radius 1 is 1.41 bits per heavy atom. The number of amides is 2. The van der Waals surface area contributed by atoms with Gasteiger partial charge in [0.25, 0.3) is 0 Å². The molecular weight excluding hydrogens is 284 g/mol. The highest BCUT2D eigenvalue weighted by atomic mass is 16.5. The summed E-state index contributed by atoms with van der Waals surface area (Å²) in [6.45, 7) is 7.37. The lowest BCUT2D eigenvalue weighted by molar-refractivity contribution is 0.172. The van der Waals surface area contributed by atoms with Crippen molar-refractivity contribution in [2.45, 2.75) is 45.8 Å². The Morgan fingerprint density at radius 2 is 2.09 bits per heavy atom. The summed E-state index contributed by atoms with van der Waals surface area (Å²) in [7, 11) is 1.56. The minimum atomic E-state index is -0.665. The van der Waals surface area contributed by atoms with E-state index < -0.39 is 11.6 Å². The van der Waals surface area contributed by atoms with Gasteiger partial charge in [-0.05, 0) is 39.3 Å². The van der Waals surface area contributed by atoms with Gasteiger partial charge in [-0.15, -0.1) is 0 Å². The molecule has 0 aliphatic heterocycles. The zero-order valence-electron chi connectivity index (χ0n) is 13.9. The molecule has 22 heavy (non-hydrogen) atoms. The van der Waals surface area contributed by atoms with E-state index in [0.717, 1.165) is 0 Å². The summed E-state index contributed by atoms with van der Waals surface area (Å²) in [6, 6.07) is 4.81. The second-order valence-electron chi connectivity index (χ2n) is 5.68. The predicted octanol–water partition coefficient (Wildman–Crippen LogP) is 2.76. The molecule has 1 aromatic rings. The van der Waals surface area contributed by atoms with Gasteiger partial charge in [-0.25, -0.2) is 4.79 Å². The lowest BCUT2D eigenvalue weighted by Crippen LogP contribution is -2.50.